The molecule has 3 aromatic rings. The summed E-state index contributed by atoms with van der Waals surface area (Å²) < 4.78 is 34.9. The average Bonchev–Trinajstić information content (AvgIpc) is 3.05. The summed E-state index contributed by atoms with van der Waals surface area (Å²) in [6.07, 6.45) is 3.53. The van der Waals surface area contributed by atoms with Crippen molar-refractivity contribution in [3.8, 4) is 34.5 Å². The second kappa shape index (κ2) is 17.8. The number of hydrogen-bond donors (Lipinski definition) is 5. The molecular weight excluding hydrogens is 572 g/mol. The van der Waals surface area contributed by atoms with E-state index in [1.165, 1.54) is 21.3 Å². The van der Waals surface area contributed by atoms with Crippen LogP contribution < -0.4 is 28.4 Å². The van der Waals surface area contributed by atoms with Gasteiger partial charge in [-0.1, -0.05) is 42.5 Å². The fourth-order valence-electron chi connectivity index (χ4n) is 4.28. The highest BCUT2D eigenvalue weighted by Crippen LogP contribution is 2.39. The van der Waals surface area contributed by atoms with Crippen LogP contribution in [0.5, 0.6) is 34.5 Å². The zero-order chi connectivity index (χ0) is 31.9. The van der Waals surface area contributed by atoms with Gasteiger partial charge in [0.1, 0.15) is 0 Å². The third kappa shape index (κ3) is 9.37. The van der Waals surface area contributed by atoms with Crippen molar-refractivity contribution >= 4 is 12.2 Å². The molecule has 3 rings (SSSR count). The van der Waals surface area contributed by atoms with Crippen molar-refractivity contribution in [3.63, 3.8) is 0 Å². The van der Waals surface area contributed by atoms with Gasteiger partial charge in [0.25, 0.3) is 0 Å². The zero-order valence-corrected chi connectivity index (χ0v) is 25.0. The maximum Gasteiger partial charge on any atom is 0.199 e. The molecule has 0 fully saturated rings. The molecule has 0 spiro atoms. The van der Waals surface area contributed by atoms with Gasteiger partial charge in [0.15, 0.2) is 53.0 Å². The first-order valence-corrected chi connectivity index (χ1v) is 13.9. The van der Waals surface area contributed by atoms with Crippen LogP contribution in [0.25, 0.3) is 12.2 Å². The lowest BCUT2D eigenvalue weighted by molar-refractivity contribution is -0.0341. The molecule has 0 heterocycles. The van der Waals surface area contributed by atoms with Crippen LogP contribution in [0.15, 0.2) is 66.7 Å². The normalized spacial score (nSPS) is 13.5. The van der Waals surface area contributed by atoms with Crippen LogP contribution in [0.4, 0.5) is 0 Å². The lowest BCUT2D eigenvalue weighted by Crippen LogP contribution is -2.33. The summed E-state index contributed by atoms with van der Waals surface area (Å²) in [5.74, 6) is 2.02. The Morgan fingerprint density at radius 2 is 1.11 bits per heavy atom. The smallest absolute Gasteiger partial charge is 0.199 e. The molecule has 238 valence electrons. The van der Waals surface area contributed by atoms with Crippen LogP contribution >= 0.6 is 0 Å². The molecule has 0 bridgehead atoms. The topological polar surface area (TPSA) is 157 Å². The molecule has 0 radical (unpaired) electrons. The summed E-state index contributed by atoms with van der Waals surface area (Å²) in [7, 11) is 4.44. The molecule has 0 amide bonds. The van der Waals surface area contributed by atoms with Crippen LogP contribution in [0.1, 0.15) is 29.2 Å². The Morgan fingerprint density at radius 1 is 0.614 bits per heavy atom. The third-order valence-electron chi connectivity index (χ3n) is 6.41. The number of benzene rings is 3. The first-order chi connectivity index (χ1) is 21.4. The minimum absolute atomic E-state index is 0.0107. The van der Waals surface area contributed by atoms with E-state index in [9.17, 15) is 10.2 Å². The predicted octanol–water partition coefficient (Wildman–Crippen LogP) is 3.36. The number of ether oxygens (including phenoxy) is 6. The second-order valence-electron chi connectivity index (χ2n) is 9.36. The molecule has 0 saturated heterocycles. The van der Waals surface area contributed by atoms with Gasteiger partial charge < -0.3 is 54.0 Å². The van der Waals surface area contributed by atoms with Crippen molar-refractivity contribution in [2.45, 2.75) is 24.9 Å². The summed E-state index contributed by atoms with van der Waals surface area (Å²) in [5.41, 5.74) is 2.09. The highest BCUT2D eigenvalue weighted by atomic mass is 16.6. The summed E-state index contributed by atoms with van der Waals surface area (Å²) in [5, 5.41) is 48.0. The Hall–Kier alpha value is -4.26. The second-order valence-corrected chi connectivity index (χ2v) is 9.36. The van der Waals surface area contributed by atoms with E-state index in [1.807, 2.05) is 0 Å². The summed E-state index contributed by atoms with van der Waals surface area (Å²) >= 11 is 0. The molecule has 0 aliphatic carbocycles. The number of hydrogen-bond acceptors (Lipinski definition) is 11. The van der Waals surface area contributed by atoms with Gasteiger partial charge in [0.05, 0.1) is 41.2 Å². The van der Waals surface area contributed by atoms with Gasteiger partial charge in [-0.15, -0.1) is 0 Å². The molecule has 0 aliphatic heterocycles. The molecule has 3 atom stereocenters. The fraction of sp³-hybridized carbons (Fsp3) is 0.333. The van der Waals surface area contributed by atoms with Crippen molar-refractivity contribution in [2.24, 2.45) is 0 Å². The third-order valence-corrected chi connectivity index (χ3v) is 6.41. The Kier molecular flexibility index (Phi) is 13.8. The predicted molar refractivity (Wildman–Crippen MR) is 164 cm³/mol. The first kappa shape index (κ1) is 34.2. The molecule has 0 aliphatic rings. The van der Waals surface area contributed by atoms with E-state index in [0.29, 0.717) is 28.6 Å². The summed E-state index contributed by atoms with van der Waals surface area (Å²) in [6, 6.07) is 15.4. The van der Waals surface area contributed by atoms with Crippen LogP contribution in [0.3, 0.4) is 0 Å². The van der Waals surface area contributed by atoms with E-state index in [4.69, 9.17) is 43.7 Å². The van der Waals surface area contributed by atoms with Crippen LogP contribution in [-0.2, 0) is 0 Å². The molecular formula is C33H40O11. The standard InChI is InChI=1S/C33H40O11/c1-39-28-18-22(6-4-15-34)8-11-25(28)42-31(21-37)33(44-27-12-9-23(7-5-16-35)19-29(27)40-2)24-10-13-26(30(20-24)41-3)43-32(38)14-17-36/h4-13,18-20,31-38H,14-17,21H2,1-3H3/b6-4+,7-5+. The lowest BCUT2D eigenvalue weighted by atomic mass is 10.0. The molecule has 5 N–H and O–H groups in total. The summed E-state index contributed by atoms with van der Waals surface area (Å²) in [4.78, 5) is 0. The zero-order valence-electron chi connectivity index (χ0n) is 25.0. The highest BCUT2D eigenvalue weighted by Gasteiger charge is 2.30. The van der Waals surface area contributed by atoms with Crippen molar-refractivity contribution < 1.29 is 54.0 Å². The van der Waals surface area contributed by atoms with E-state index >= 15 is 0 Å². The average molecular weight is 613 g/mol. The molecule has 11 heteroatoms. The van der Waals surface area contributed by atoms with E-state index in [-0.39, 0.29) is 37.7 Å². The van der Waals surface area contributed by atoms with Crippen LogP contribution in [0.2, 0.25) is 0 Å². The van der Waals surface area contributed by atoms with Gasteiger partial charge in [-0.25, -0.2) is 0 Å². The van der Waals surface area contributed by atoms with Crippen molar-refractivity contribution in [2.75, 3.05) is 47.8 Å². The maximum absolute atomic E-state index is 10.6. The maximum atomic E-state index is 10.6. The Morgan fingerprint density at radius 3 is 1.61 bits per heavy atom. The van der Waals surface area contributed by atoms with Crippen molar-refractivity contribution in [1.29, 1.82) is 0 Å². The Labute approximate surface area is 256 Å². The van der Waals surface area contributed by atoms with Gasteiger partial charge in [-0.2, -0.15) is 0 Å². The quantitative estimate of drug-likeness (QED) is 0.134. The highest BCUT2D eigenvalue weighted by molar-refractivity contribution is 5.57. The monoisotopic (exact) mass is 612 g/mol. The van der Waals surface area contributed by atoms with Gasteiger partial charge in [-0.05, 0) is 47.5 Å². The number of aliphatic hydroxyl groups excluding tert-OH is 5. The van der Waals surface area contributed by atoms with E-state index in [2.05, 4.69) is 0 Å². The molecule has 11 nitrogen and oxygen atoms in total. The number of methoxy groups -OCH3 is 3. The van der Waals surface area contributed by atoms with E-state index in [1.54, 1.807) is 78.9 Å². The minimum Gasteiger partial charge on any atom is -0.493 e. The summed E-state index contributed by atoms with van der Waals surface area (Å²) in [6.45, 7) is -0.943. The Bertz CT molecular complexity index is 1370. The van der Waals surface area contributed by atoms with E-state index < -0.39 is 25.1 Å². The lowest BCUT2D eigenvalue weighted by Gasteiger charge is -2.29. The number of rotatable bonds is 18. The van der Waals surface area contributed by atoms with Gasteiger partial charge in [-0.3, -0.25) is 0 Å². The van der Waals surface area contributed by atoms with Gasteiger partial charge in [0.2, 0.25) is 0 Å². The van der Waals surface area contributed by atoms with Crippen molar-refractivity contribution in [3.05, 3.63) is 83.4 Å². The van der Waals surface area contributed by atoms with Crippen LogP contribution in [-0.4, -0.2) is 85.7 Å². The SMILES string of the molecule is COc1cc(C(Oc2ccc(/C=C/CO)cc2OC)C(CO)Oc2ccc(/C=C/CO)cc2OC)ccc1OC(O)CCO. The molecule has 44 heavy (non-hydrogen) atoms. The minimum atomic E-state index is -1.24. The largest absolute Gasteiger partial charge is 0.493 e. The molecule has 0 aromatic heterocycles. The van der Waals surface area contributed by atoms with E-state index in [0.717, 1.165) is 11.1 Å². The van der Waals surface area contributed by atoms with Gasteiger partial charge >= 0.3 is 0 Å². The van der Waals surface area contributed by atoms with Crippen molar-refractivity contribution in [1.82, 2.24) is 0 Å². The molecule has 3 unspecified atom stereocenters. The van der Waals surface area contributed by atoms with Crippen LogP contribution in [0, 0.1) is 0 Å². The number of aliphatic hydroxyl groups is 5. The molecule has 0 saturated carbocycles. The van der Waals surface area contributed by atoms with Gasteiger partial charge in [0, 0.05) is 18.6 Å². The molecule has 3 aromatic carbocycles. The Balaban J connectivity index is 2.06. The first-order valence-electron chi connectivity index (χ1n) is 13.9. The fourth-order valence-corrected chi connectivity index (χ4v) is 4.28.